The van der Waals surface area contributed by atoms with Crippen LogP contribution in [0.5, 0.6) is 0 Å². The van der Waals surface area contributed by atoms with Gasteiger partial charge in [0.1, 0.15) is 0 Å². The summed E-state index contributed by atoms with van der Waals surface area (Å²) in [6, 6.07) is 3.54. The topological polar surface area (TPSA) is 88.6 Å². The third kappa shape index (κ3) is 3.88. The number of nitrogens with one attached hydrogen (secondary N) is 1. The van der Waals surface area contributed by atoms with E-state index in [9.17, 15) is 13.2 Å². The maximum Gasteiger partial charge on any atom is 0.229 e. The van der Waals surface area contributed by atoms with Gasteiger partial charge >= 0.3 is 0 Å². The van der Waals surface area contributed by atoms with Crippen molar-refractivity contribution in [2.45, 2.75) is 18.9 Å². The average Bonchev–Trinajstić information content (AvgIpc) is 2.54. The lowest BCUT2D eigenvalue weighted by atomic mass is 9.84. The van der Waals surface area contributed by atoms with Gasteiger partial charge in [-0.2, -0.15) is 0 Å². The maximum absolute atomic E-state index is 12.4. The van der Waals surface area contributed by atoms with Crippen LogP contribution in [0, 0.1) is 11.8 Å². The highest BCUT2D eigenvalue weighted by atomic mass is 32.2. The summed E-state index contributed by atoms with van der Waals surface area (Å²) in [5, 5.41) is 2.84. The molecule has 2 aliphatic rings. The summed E-state index contributed by atoms with van der Waals surface area (Å²) in [4.78, 5) is 16.3. The second kappa shape index (κ2) is 6.54. The van der Waals surface area contributed by atoms with E-state index in [1.165, 1.54) is 10.6 Å². The van der Waals surface area contributed by atoms with Crippen molar-refractivity contribution in [2.75, 3.05) is 31.3 Å². The van der Waals surface area contributed by atoms with E-state index >= 15 is 0 Å². The summed E-state index contributed by atoms with van der Waals surface area (Å²) in [5.41, 5.74) is 0.654. The molecule has 0 aromatic carbocycles. The zero-order valence-corrected chi connectivity index (χ0v) is 13.8. The molecule has 7 nitrogen and oxygen atoms in total. The Morgan fingerprint density at radius 3 is 3.00 bits per heavy atom. The monoisotopic (exact) mass is 339 g/mol. The van der Waals surface area contributed by atoms with Gasteiger partial charge in [-0.1, -0.05) is 0 Å². The highest BCUT2D eigenvalue weighted by molar-refractivity contribution is 7.88. The summed E-state index contributed by atoms with van der Waals surface area (Å²) in [6.45, 7) is 1.30. The molecule has 126 valence electrons. The number of ether oxygens (including phenoxy) is 1. The summed E-state index contributed by atoms with van der Waals surface area (Å²) >= 11 is 0. The number of nitrogens with zero attached hydrogens (tertiary/aromatic N) is 2. The van der Waals surface area contributed by atoms with Crippen molar-refractivity contribution < 1.29 is 17.9 Å². The zero-order valence-electron chi connectivity index (χ0n) is 13.0. The minimum atomic E-state index is -3.19. The predicted molar refractivity (Wildman–Crippen MR) is 85.2 cm³/mol. The Labute approximate surface area is 136 Å². The van der Waals surface area contributed by atoms with Crippen molar-refractivity contribution in [3.63, 3.8) is 0 Å². The molecule has 0 aliphatic carbocycles. The van der Waals surface area contributed by atoms with Gasteiger partial charge < -0.3 is 10.1 Å². The molecule has 0 spiro atoms. The average molecular weight is 339 g/mol. The number of sulfonamides is 1. The van der Waals surface area contributed by atoms with Crippen molar-refractivity contribution in [1.82, 2.24) is 9.29 Å². The molecule has 0 unspecified atom stereocenters. The molecule has 1 aromatic heterocycles. The van der Waals surface area contributed by atoms with E-state index in [0.717, 1.165) is 0 Å². The summed E-state index contributed by atoms with van der Waals surface area (Å²) in [5.74, 6) is -0.305. The number of pyridine rings is 1. The van der Waals surface area contributed by atoms with Gasteiger partial charge in [0.15, 0.2) is 0 Å². The van der Waals surface area contributed by atoms with Crippen LogP contribution >= 0.6 is 0 Å². The number of amides is 1. The Morgan fingerprint density at radius 2 is 2.30 bits per heavy atom. The van der Waals surface area contributed by atoms with Crippen LogP contribution in [-0.4, -0.2) is 55.7 Å². The van der Waals surface area contributed by atoms with Gasteiger partial charge in [-0.3, -0.25) is 9.78 Å². The first-order chi connectivity index (χ1) is 10.9. The molecule has 3 heterocycles. The van der Waals surface area contributed by atoms with Crippen LogP contribution in [0.1, 0.15) is 12.8 Å². The van der Waals surface area contributed by atoms with Crippen molar-refractivity contribution in [1.29, 1.82) is 0 Å². The van der Waals surface area contributed by atoms with E-state index < -0.39 is 10.0 Å². The number of hydrogen-bond donors (Lipinski definition) is 1. The van der Waals surface area contributed by atoms with E-state index in [0.29, 0.717) is 38.2 Å². The zero-order chi connectivity index (χ0) is 16.4. The molecule has 2 saturated heterocycles. The van der Waals surface area contributed by atoms with Crippen molar-refractivity contribution >= 4 is 21.6 Å². The molecule has 23 heavy (non-hydrogen) atoms. The third-order valence-corrected chi connectivity index (χ3v) is 5.76. The molecular formula is C15H21N3O4S. The smallest absolute Gasteiger partial charge is 0.229 e. The highest BCUT2D eigenvalue weighted by Gasteiger charge is 2.40. The number of carbonyl (C=O) groups excluding carboxylic acids is 1. The quantitative estimate of drug-likeness (QED) is 0.876. The van der Waals surface area contributed by atoms with Crippen LogP contribution in [0.25, 0.3) is 0 Å². The van der Waals surface area contributed by atoms with Crippen LogP contribution in [0.2, 0.25) is 0 Å². The molecule has 3 atom stereocenters. The molecule has 1 aromatic rings. The molecular weight excluding hydrogens is 318 g/mol. The van der Waals surface area contributed by atoms with Crippen molar-refractivity contribution in [2.24, 2.45) is 11.8 Å². The predicted octanol–water partition coefficient (Wildman–Crippen LogP) is 0.707. The van der Waals surface area contributed by atoms with E-state index in [4.69, 9.17) is 4.74 Å². The second-order valence-corrected chi connectivity index (χ2v) is 8.19. The molecule has 0 bridgehead atoms. The number of hydrogen-bond acceptors (Lipinski definition) is 5. The molecule has 2 aliphatic heterocycles. The van der Waals surface area contributed by atoms with Crippen LogP contribution in [-0.2, 0) is 19.6 Å². The molecule has 3 rings (SSSR count). The Bertz CT molecular complexity index is 665. The van der Waals surface area contributed by atoms with Gasteiger partial charge in [-0.05, 0) is 30.9 Å². The minimum Gasteiger partial charge on any atom is -0.377 e. The number of carbonyl (C=O) groups is 1. The minimum absolute atomic E-state index is 0.0513. The first-order valence-corrected chi connectivity index (χ1v) is 9.56. The van der Waals surface area contributed by atoms with E-state index in [1.54, 1.807) is 24.5 Å². The van der Waals surface area contributed by atoms with Crippen molar-refractivity contribution in [3.8, 4) is 0 Å². The standard InChI is InChI=1S/C15H21N3O4S/c1-23(20,21)18-6-4-14-11(9-18)7-12(10-22-14)15(19)17-13-3-2-5-16-8-13/h2-3,5,8,11-12,14H,4,6-7,9-10H2,1H3,(H,17,19)/t11-,12-,14+/m0/s1. The lowest BCUT2D eigenvalue weighted by molar-refractivity contribution is -0.132. The van der Waals surface area contributed by atoms with Crippen LogP contribution in [0.15, 0.2) is 24.5 Å². The lowest BCUT2D eigenvalue weighted by Crippen LogP contribution is -2.51. The largest absolute Gasteiger partial charge is 0.377 e. The van der Waals surface area contributed by atoms with Gasteiger partial charge in [0.25, 0.3) is 0 Å². The Morgan fingerprint density at radius 1 is 1.48 bits per heavy atom. The fourth-order valence-electron chi connectivity index (χ4n) is 3.26. The Kier molecular flexibility index (Phi) is 4.65. The maximum atomic E-state index is 12.4. The molecule has 1 amide bonds. The lowest BCUT2D eigenvalue weighted by Gasteiger charge is -2.42. The summed E-state index contributed by atoms with van der Waals surface area (Å²) in [6.07, 6.45) is 5.85. The Balaban J connectivity index is 1.62. The van der Waals surface area contributed by atoms with Gasteiger partial charge in [0, 0.05) is 19.3 Å². The fraction of sp³-hybridized carbons (Fsp3) is 0.600. The third-order valence-electron chi connectivity index (χ3n) is 4.49. The summed E-state index contributed by atoms with van der Waals surface area (Å²) < 4.78 is 30.7. The summed E-state index contributed by atoms with van der Waals surface area (Å²) in [7, 11) is -3.19. The molecule has 1 N–H and O–H groups in total. The number of fused-ring (bicyclic) bond motifs is 1. The number of rotatable bonds is 3. The highest BCUT2D eigenvalue weighted by Crippen LogP contribution is 2.32. The van der Waals surface area contributed by atoms with E-state index in [2.05, 4.69) is 10.3 Å². The Hall–Kier alpha value is -1.51. The number of anilines is 1. The van der Waals surface area contributed by atoms with Gasteiger partial charge in [0.05, 0.1) is 36.8 Å². The molecule has 0 radical (unpaired) electrons. The molecule has 2 fully saturated rings. The number of aromatic nitrogens is 1. The SMILES string of the molecule is CS(=O)(=O)N1CC[C@H]2OC[C@@H](C(=O)Nc3cccnc3)C[C@H]2C1. The van der Waals surface area contributed by atoms with E-state index in [1.807, 2.05) is 0 Å². The van der Waals surface area contributed by atoms with Crippen LogP contribution in [0.4, 0.5) is 5.69 Å². The van der Waals surface area contributed by atoms with Gasteiger partial charge in [-0.15, -0.1) is 0 Å². The number of piperidine rings is 1. The van der Waals surface area contributed by atoms with Crippen LogP contribution < -0.4 is 5.32 Å². The first kappa shape index (κ1) is 16.4. The normalized spacial score (nSPS) is 28.8. The fourth-order valence-corrected chi connectivity index (χ4v) is 4.16. The first-order valence-electron chi connectivity index (χ1n) is 7.71. The van der Waals surface area contributed by atoms with E-state index in [-0.39, 0.29) is 23.8 Å². The van der Waals surface area contributed by atoms with Gasteiger partial charge in [-0.25, -0.2) is 12.7 Å². The second-order valence-electron chi connectivity index (χ2n) is 6.21. The van der Waals surface area contributed by atoms with Crippen LogP contribution in [0.3, 0.4) is 0 Å². The molecule has 0 saturated carbocycles. The molecule has 8 heteroatoms. The van der Waals surface area contributed by atoms with Crippen molar-refractivity contribution in [3.05, 3.63) is 24.5 Å². The van der Waals surface area contributed by atoms with Gasteiger partial charge in [0.2, 0.25) is 15.9 Å².